The molecule has 0 aliphatic carbocycles. The molecule has 0 aliphatic heterocycles. The van der Waals surface area contributed by atoms with Crippen molar-refractivity contribution in [3.8, 4) is 18.2 Å². The van der Waals surface area contributed by atoms with E-state index in [2.05, 4.69) is 37.2 Å². The number of nitrogens with one attached hydrogen (secondary N) is 1. The maximum atomic E-state index is 9.03. The van der Waals surface area contributed by atoms with E-state index < -0.39 is 0 Å². The van der Waals surface area contributed by atoms with E-state index in [0.29, 0.717) is 5.69 Å². The zero-order valence-corrected chi connectivity index (χ0v) is 13.1. The standard InChI is InChI=1S/C13H8Br2N4/c1-2-8-3-10(14)4-11(15)13(8)19-12(7-18)9(5-16)6-17/h3-4,19H,2H2,1H3. The van der Waals surface area contributed by atoms with Gasteiger partial charge in [-0.25, -0.2) is 0 Å². The van der Waals surface area contributed by atoms with E-state index in [4.69, 9.17) is 15.8 Å². The molecule has 0 spiro atoms. The van der Waals surface area contributed by atoms with Crippen LogP contribution in [0.25, 0.3) is 0 Å². The van der Waals surface area contributed by atoms with Gasteiger partial charge in [-0.05, 0) is 40.0 Å². The minimum atomic E-state index is -0.237. The van der Waals surface area contributed by atoms with Crippen molar-refractivity contribution in [3.05, 3.63) is 37.9 Å². The Morgan fingerprint density at radius 1 is 1.16 bits per heavy atom. The number of anilines is 1. The smallest absolute Gasteiger partial charge is 0.163 e. The first-order chi connectivity index (χ1) is 9.07. The lowest BCUT2D eigenvalue weighted by atomic mass is 10.1. The molecule has 0 amide bonds. The van der Waals surface area contributed by atoms with Crippen LogP contribution in [-0.2, 0) is 6.42 Å². The molecule has 0 fully saturated rings. The van der Waals surface area contributed by atoms with Crippen LogP contribution in [0.4, 0.5) is 5.69 Å². The number of rotatable bonds is 3. The molecule has 0 saturated carbocycles. The van der Waals surface area contributed by atoms with Gasteiger partial charge in [0.05, 0.1) is 5.69 Å². The maximum absolute atomic E-state index is 9.03. The Balaban J connectivity index is 3.36. The highest BCUT2D eigenvalue weighted by Gasteiger charge is 2.12. The van der Waals surface area contributed by atoms with Gasteiger partial charge >= 0.3 is 0 Å². The highest BCUT2D eigenvalue weighted by atomic mass is 79.9. The Bertz CT molecular complexity index is 641. The highest BCUT2D eigenvalue weighted by Crippen LogP contribution is 2.32. The van der Waals surface area contributed by atoms with Crippen LogP contribution in [0.3, 0.4) is 0 Å². The summed E-state index contributed by atoms with van der Waals surface area (Å²) in [6.07, 6.45) is 0.744. The number of hydrogen-bond acceptors (Lipinski definition) is 4. The second kappa shape index (κ2) is 6.95. The molecule has 1 rings (SSSR count). The van der Waals surface area contributed by atoms with Crippen LogP contribution in [0, 0.1) is 34.0 Å². The SMILES string of the molecule is CCc1cc(Br)cc(Br)c1NC(C#N)=C(C#N)C#N. The first-order valence-corrected chi connectivity index (χ1v) is 6.85. The van der Waals surface area contributed by atoms with E-state index in [0.717, 1.165) is 20.9 Å². The van der Waals surface area contributed by atoms with Gasteiger partial charge in [-0.2, -0.15) is 15.8 Å². The van der Waals surface area contributed by atoms with Gasteiger partial charge < -0.3 is 5.32 Å². The van der Waals surface area contributed by atoms with E-state index >= 15 is 0 Å². The fourth-order valence-corrected chi connectivity index (χ4v) is 2.87. The normalized spacial score (nSPS) is 8.84. The molecule has 1 aromatic carbocycles. The van der Waals surface area contributed by atoms with Crippen LogP contribution in [0.2, 0.25) is 0 Å². The lowest BCUT2D eigenvalue weighted by Gasteiger charge is -2.13. The van der Waals surface area contributed by atoms with Crippen molar-refractivity contribution in [2.45, 2.75) is 13.3 Å². The summed E-state index contributed by atoms with van der Waals surface area (Å²) in [5, 5.41) is 29.5. The number of benzene rings is 1. The number of nitrogens with zero attached hydrogens (tertiary/aromatic N) is 3. The highest BCUT2D eigenvalue weighted by molar-refractivity contribution is 9.11. The third-order valence-corrected chi connectivity index (χ3v) is 3.44. The Kier molecular flexibility index (Phi) is 5.57. The van der Waals surface area contributed by atoms with Crippen LogP contribution in [0.1, 0.15) is 12.5 Å². The third kappa shape index (κ3) is 3.58. The number of nitriles is 3. The molecule has 1 aromatic rings. The molecule has 6 heteroatoms. The summed E-state index contributed by atoms with van der Waals surface area (Å²) in [5.74, 6) is 0. The van der Waals surface area contributed by atoms with E-state index in [1.54, 1.807) is 12.1 Å². The molecule has 0 heterocycles. The number of allylic oxidation sites excluding steroid dienone is 2. The number of hydrogen-bond donors (Lipinski definition) is 1. The van der Waals surface area contributed by atoms with Gasteiger partial charge in [-0.1, -0.05) is 22.9 Å². The monoisotopic (exact) mass is 378 g/mol. The van der Waals surface area contributed by atoms with Crippen LogP contribution in [-0.4, -0.2) is 0 Å². The Labute approximate surface area is 128 Å². The first-order valence-electron chi connectivity index (χ1n) is 5.26. The molecule has 94 valence electrons. The predicted molar refractivity (Wildman–Crippen MR) is 78.7 cm³/mol. The fraction of sp³-hybridized carbons (Fsp3) is 0.154. The summed E-state index contributed by atoms with van der Waals surface area (Å²) in [7, 11) is 0. The minimum absolute atomic E-state index is 0.0530. The van der Waals surface area contributed by atoms with Gasteiger partial charge in [0.2, 0.25) is 0 Å². The minimum Gasteiger partial charge on any atom is -0.344 e. The lowest BCUT2D eigenvalue weighted by Crippen LogP contribution is -2.04. The van der Waals surface area contributed by atoms with Gasteiger partial charge in [-0.3, -0.25) is 0 Å². The summed E-state index contributed by atoms with van der Waals surface area (Å²) in [4.78, 5) is 0. The van der Waals surface area contributed by atoms with E-state index in [1.165, 1.54) is 0 Å². The molecule has 19 heavy (non-hydrogen) atoms. The van der Waals surface area contributed by atoms with Crippen molar-refractivity contribution in [3.63, 3.8) is 0 Å². The molecule has 0 bridgehead atoms. The molecule has 0 aromatic heterocycles. The summed E-state index contributed by atoms with van der Waals surface area (Å²) in [6, 6.07) is 8.98. The van der Waals surface area contributed by atoms with Gasteiger partial charge in [0, 0.05) is 8.95 Å². The average Bonchev–Trinajstić information content (AvgIpc) is 2.40. The van der Waals surface area contributed by atoms with Crippen molar-refractivity contribution in [2.75, 3.05) is 5.32 Å². The lowest BCUT2D eigenvalue weighted by molar-refractivity contribution is 1.13. The first kappa shape index (κ1) is 15.2. The van der Waals surface area contributed by atoms with Crippen molar-refractivity contribution in [1.29, 1.82) is 15.8 Å². The molecule has 0 atom stereocenters. The molecular weight excluding hydrogens is 372 g/mol. The van der Waals surface area contributed by atoms with Crippen LogP contribution in [0.15, 0.2) is 32.3 Å². The Hall–Kier alpha value is -1.81. The molecule has 0 radical (unpaired) electrons. The molecule has 0 aliphatic rings. The van der Waals surface area contributed by atoms with E-state index in [1.807, 2.05) is 25.1 Å². The summed E-state index contributed by atoms with van der Waals surface area (Å²) in [6.45, 7) is 1.98. The van der Waals surface area contributed by atoms with Crippen molar-refractivity contribution in [2.24, 2.45) is 0 Å². The molecule has 4 nitrogen and oxygen atoms in total. The van der Waals surface area contributed by atoms with Crippen LogP contribution >= 0.6 is 31.9 Å². The second-order valence-electron chi connectivity index (χ2n) is 3.49. The van der Waals surface area contributed by atoms with Crippen molar-refractivity contribution >= 4 is 37.5 Å². The Morgan fingerprint density at radius 3 is 2.26 bits per heavy atom. The number of aryl methyl sites for hydroxylation is 1. The topological polar surface area (TPSA) is 83.4 Å². The predicted octanol–water partition coefficient (Wildman–Crippen LogP) is 4.01. The van der Waals surface area contributed by atoms with Gasteiger partial charge in [0.15, 0.2) is 5.57 Å². The van der Waals surface area contributed by atoms with E-state index in [9.17, 15) is 0 Å². The molecule has 0 saturated heterocycles. The number of halogens is 2. The van der Waals surface area contributed by atoms with Gasteiger partial charge in [0.1, 0.15) is 23.9 Å². The zero-order valence-electron chi connectivity index (χ0n) is 9.96. The van der Waals surface area contributed by atoms with Gasteiger partial charge in [-0.15, -0.1) is 0 Å². The zero-order chi connectivity index (χ0) is 14.4. The molecule has 1 N–H and O–H groups in total. The maximum Gasteiger partial charge on any atom is 0.163 e. The molecular formula is C13H8Br2N4. The fourth-order valence-electron chi connectivity index (χ4n) is 1.45. The van der Waals surface area contributed by atoms with Gasteiger partial charge in [0.25, 0.3) is 0 Å². The summed E-state index contributed by atoms with van der Waals surface area (Å²) in [5.41, 5.74) is 1.36. The van der Waals surface area contributed by atoms with Crippen LogP contribution in [0.5, 0.6) is 0 Å². The third-order valence-electron chi connectivity index (χ3n) is 2.35. The molecule has 0 unspecified atom stereocenters. The van der Waals surface area contributed by atoms with E-state index in [-0.39, 0.29) is 11.3 Å². The summed E-state index contributed by atoms with van der Waals surface area (Å²) < 4.78 is 1.66. The average molecular weight is 380 g/mol. The summed E-state index contributed by atoms with van der Waals surface area (Å²) >= 11 is 6.79. The Morgan fingerprint density at radius 2 is 1.79 bits per heavy atom. The van der Waals surface area contributed by atoms with Crippen LogP contribution < -0.4 is 5.32 Å². The van der Waals surface area contributed by atoms with Crippen molar-refractivity contribution in [1.82, 2.24) is 0 Å². The quantitative estimate of drug-likeness (QED) is 0.804. The second-order valence-corrected chi connectivity index (χ2v) is 5.26. The largest absolute Gasteiger partial charge is 0.344 e. The van der Waals surface area contributed by atoms with Crippen molar-refractivity contribution < 1.29 is 0 Å².